The van der Waals surface area contributed by atoms with Crippen LogP contribution in [-0.2, 0) is 6.42 Å². The van der Waals surface area contributed by atoms with Gasteiger partial charge in [0.15, 0.2) is 0 Å². The van der Waals surface area contributed by atoms with E-state index in [0.717, 1.165) is 25.1 Å². The summed E-state index contributed by atoms with van der Waals surface area (Å²) in [6, 6.07) is 1.68. The van der Waals surface area contributed by atoms with E-state index in [2.05, 4.69) is 28.9 Å². The van der Waals surface area contributed by atoms with Crippen LogP contribution in [0.15, 0.2) is 18.7 Å². The highest BCUT2D eigenvalue weighted by molar-refractivity contribution is 5.36. The number of nitrogens with one attached hydrogen (secondary N) is 1. The third-order valence-electron chi connectivity index (χ3n) is 1.94. The van der Waals surface area contributed by atoms with Gasteiger partial charge in [-0.3, -0.25) is 0 Å². The molecule has 0 spiro atoms. The van der Waals surface area contributed by atoms with E-state index in [1.54, 1.807) is 12.1 Å². The Hall–Kier alpha value is -1.62. The fourth-order valence-corrected chi connectivity index (χ4v) is 1.20. The van der Waals surface area contributed by atoms with Crippen molar-refractivity contribution < 1.29 is 4.74 Å². The third-order valence-corrected chi connectivity index (χ3v) is 1.94. The van der Waals surface area contributed by atoms with E-state index < -0.39 is 0 Å². The second-order valence-electron chi connectivity index (χ2n) is 3.33. The molecule has 0 fully saturated rings. The largest absolute Gasteiger partial charge is 0.477 e. The van der Waals surface area contributed by atoms with E-state index in [1.165, 1.54) is 0 Å². The number of nitrogens with zero attached hydrogens (tertiary/aromatic N) is 2. The lowest BCUT2D eigenvalue weighted by molar-refractivity contribution is 0.311. The first-order valence-electron chi connectivity index (χ1n) is 5.38. The number of anilines is 1. The molecular weight excluding hydrogens is 204 g/mol. The van der Waals surface area contributed by atoms with Crippen LogP contribution >= 0.6 is 0 Å². The average Bonchev–Trinajstić information content (AvgIpc) is 2.29. The minimum atomic E-state index is 0.549. The number of ether oxygens (including phenoxy) is 1. The summed E-state index contributed by atoms with van der Waals surface area (Å²) in [6.45, 7) is 6.27. The number of aryl methyl sites for hydroxylation is 1. The van der Waals surface area contributed by atoms with Gasteiger partial charge in [-0.05, 0) is 12.8 Å². The monoisotopic (exact) mass is 222 g/mol. The molecule has 5 nitrogen and oxygen atoms in total. The molecule has 5 heteroatoms. The van der Waals surface area contributed by atoms with E-state index >= 15 is 0 Å². The molecule has 88 valence electrons. The Bertz CT molecular complexity index is 341. The van der Waals surface area contributed by atoms with Gasteiger partial charge in [-0.2, -0.15) is 4.98 Å². The number of nitrogen functional groups attached to an aromatic ring is 1. The standard InChI is InChI=1S/C11H18N4O/c1-3-5-7-16-11-8-10(15-12)13-9(14-11)6-4-2/h3,8H,1,4-7,12H2,2H3,(H,13,14,15). The van der Waals surface area contributed by atoms with Crippen LogP contribution in [0.1, 0.15) is 25.6 Å². The molecule has 0 radical (unpaired) electrons. The zero-order chi connectivity index (χ0) is 11.8. The molecule has 0 aliphatic carbocycles. The maximum absolute atomic E-state index is 5.46. The molecule has 0 aliphatic heterocycles. The zero-order valence-corrected chi connectivity index (χ0v) is 9.57. The van der Waals surface area contributed by atoms with Crippen molar-refractivity contribution in [2.24, 2.45) is 5.84 Å². The van der Waals surface area contributed by atoms with Crippen molar-refractivity contribution in [3.05, 3.63) is 24.5 Å². The van der Waals surface area contributed by atoms with Gasteiger partial charge in [-0.25, -0.2) is 10.8 Å². The van der Waals surface area contributed by atoms with E-state index in [9.17, 15) is 0 Å². The molecule has 0 aliphatic rings. The van der Waals surface area contributed by atoms with Crippen molar-refractivity contribution in [2.45, 2.75) is 26.2 Å². The molecule has 1 rings (SSSR count). The van der Waals surface area contributed by atoms with Crippen molar-refractivity contribution in [1.82, 2.24) is 9.97 Å². The molecule has 0 bridgehead atoms. The summed E-state index contributed by atoms with van der Waals surface area (Å²) in [4.78, 5) is 8.50. The van der Waals surface area contributed by atoms with Gasteiger partial charge < -0.3 is 10.2 Å². The molecule has 3 N–H and O–H groups in total. The van der Waals surface area contributed by atoms with Crippen molar-refractivity contribution >= 4 is 5.82 Å². The lowest BCUT2D eigenvalue weighted by Crippen LogP contribution is -2.11. The first kappa shape index (κ1) is 12.4. The average molecular weight is 222 g/mol. The third kappa shape index (κ3) is 3.86. The van der Waals surface area contributed by atoms with Crippen molar-refractivity contribution in [3.63, 3.8) is 0 Å². The zero-order valence-electron chi connectivity index (χ0n) is 9.57. The van der Waals surface area contributed by atoms with Crippen LogP contribution in [0.2, 0.25) is 0 Å². The number of rotatable bonds is 7. The Labute approximate surface area is 95.7 Å². The molecule has 0 saturated carbocycles. The topological polar surface area (TPSA) is 73.1 Å². The summed E-state index contributed by atoms with van der Waals surface area (Å²) in [7, 11) is 0. The van der Waals surface area contributed by atoms with Gasteiger partial charge in [-0.1, -0.05) is 13.0 Å². The Morgan fingerprint density at radius 3 is 3.00 bits per heavy atom. The quantitative estimate of drug-likeness (QED) is 0.318. The molecule has 0 amide bonds. The summed E-state index contributed by atoms with van der Waals surface area (Å²) in [6.07, 6.45) is 4.39. The summed E-state index contributed by atoms with van der Waals surface area (Å²) in [5.74, 6) is 7.19. The maximum Gasteiger partial charge on any atom is 0.218 e. The predicted molar refractivity (Wildman–Crippen MR) is 64.1 cm³/mol. The van der Waals surface area contributed by atoms with Crippen LogP contribution < -0.4 is 16.0 Å². The molecular formula is C11H18N4O. The summed E-state index contributed by atoms with van der Waals surface area (Å²) < 4.78 is 5.46. The Morgan fingerprint density at radius 2 is 2.38 bits per heavy atom. The minimum absolute atomic E-state index is 0.549. The van der Waals surface area contributed by atoms with E-state index in [-0.39, 0.29) is 0 Å². The number of nitrogens with two attached hydrogens (primary N) is 1. The molecule has 1 aromatic rings. The van der Waals surface area contributed by atoms with Crippen LogP contribution in [-0.4, -0.2) is 16.6 Å². The van der Waals surface area contributed by atoms with E-state index in [4.69, 9.17) is 10.6 Å². The fraction of sp³-hybridized carbons (Fsp3) is 0.455. The minimum Gasteiger partial charge on any atom is -0.477 e. The van der Waals surface area contributed by atoms with Gasteiger partial charge in [0.1, 0.15) is 11.6 Å². The van der Waals surface area contributed by atoms with Crippen LogP contribution in [0.4, 0.5) is 5.82 Å². The highest BCUT2D eigenvalue weighted by Crippen LogP contribution is 2.13. The van der Waals surface area contributed by atoms with Gasteiger partial charge in [-0.15, -0.1) is 6.58 Å². The normalized spacial score (nSPS) is 9.88. The predicted octanol–water partition coefficient (Wildman–Crippen LogP) is 1.67. The maximum atomic E-state index is 5.46. The number of hydrazine groups is 1. The van der Waals surface area contributed by atoms with Crippen molar-refractivity contribution in [1.29, 1.82) is 0 Å². The van der Waals surface area contributed by atoms with Crippen molar-refractivity contribution in [2.75, 3.05) is 12.0 Å². The lowest BCUT2D eigenvalue weighted by atomic mass is 10.3. The van der Waals surface area contributed by atoms with Crippen LogP contribution in [0, 0.1) is 0 Å². The Morgan fingerprint density at radius 1 is 1.56 bits per heavy atom. The number of hydrogen-bond donors (Lipinski definition) is 2. The summed E-state index contributed by atoms with van der Waals surface area (Å²) >= 11 is 0. The molecule has 0 saturated heterocycles. The summed E-state index contributed by atoms with van der Waals surface area (Å²) in [5.41, 5.74) is 2.51. The SMILES string of the molecule is C=CCCOc1cc(NN)nc(CCC)n1. The number of aromatic nitrogens is 2. The molecule has 1 heterocycles. The first-order chi connectivity index (χ1) is 7.80. The summed E-state index contributed by atoms with van der Waals surface area (Å²) in [5, 5.41) is 0. The second kappa shape index (κ2) is 6.79. The lowest BCUT2D eigenvalue weighted by Gasteiger charge is -2.07. The van der Waals surface area contributed by atoms with Gasteiger partial charge in [0.2, 0.25) is 5.88 Å². The van der Waals surface area contributed by atoms with Gasteiger partial charge in [0, 0.05) is 12.5 Å². The van der Waals surface area contributed by atoms with Crippen LogP contribution in [0.3, 0.4) is 0 Å². The van der Waals surface area contributed by atoms with Crippen LogP contribution in [0.25, 0.3) is 0 Å². The van der Waals surface area contributed by atoms with E-state index in [1.807, 2.05) is 0 Å². The van der Waals surface area contributed by atoms with Gasteiger partial charge in [0.05, 0.1) is 6.61 Å². The Kier molecular flexibility index (Phi) is 5.28. The second-order valence-corrected chi connectivity index (χ2v) is 3.33. The number of hydrogen-bond acceptors (Lipinski definition) is 5. The first-order valence-corrected chi connectivity index (χ1v) is 5.38. The van der Waals surface area contributed by atoms with Crippen molar-refractivity contribution in [3.8, 4) is 5.88 Å². The highest BCUT2D eigenvalue weighted by atomic mass is 16.5. The molecule has 0 aromatic carbocycles. The van der Waals surface area contributed by atoms with Gasteiger partial charge in [0.25, 0.3) is 0 Å². The fourth-order valence-electron chi connectivity index (χ4n) is 1.20. The smallest absolute Gasteiger partial charge is 0.218 e. The highest BCUT2D eigenvalue weighted by Gasteiger charge is 2.03. The van der Waals surface area contributed by atoms with Gasteiger partial charge >= 0.3 is 0 Å². The Balaban J connectivity index is 2.73. The molecule has 0 atom stereocenters. The van der Waals surface area contributed by atoms with Crippen LogP contribution in [0.5, 0.6) is 5.88 Å². The van der Waals surface area contributed by atoms with E-state index in [0.29, 0.717) is 18.3 Å². The molecule has 16 heavy (non-hydrogen) atoms. The molecule has 0 unspecified atom stereocenters. The molecule has 1 aromatic heterocycles.